The molecule has 0 unspecified atom stereocenters. The van der Waals surface area contributed by atoms with Crippen LogP contribution in [0, 0.1) is 17.8 Å². The topological polar surface area (TPSA) is 72.2 Å². The molecule has 1 rings (SSSR count). The van der Waals surface area contributed by atoms with Crippen LogP contribution in [0.3, 0.4) is 0 Å². The Bertz CT molecular complexity index is 485. The van der Waals surface area contributed by atoms with Gasteiger partial charge in [0.05, 0.1) is 4.90 Å². The SMILES string of the molecule is CC(C)C(CNc1ccc(S(N)(=O)=O)cc1)C(C)C. The molecule has 5 heteroatoms. The second-order valence-electron chi connectivity index (χ2n) is 5.60. The van der Waals surface area contributed by atoms with Crippen LogP contribution in [0.4, 0.5) is 5.69 Å². The predicted molar refractivity (Wildman–Crippen MR) is 79.5 cm³/mol. The van der Waals surface area contributed by atoms with Gasteiger partial charge >= 0.3 is 0 Å². The first kappa shape index (κ1) is 16.0. The largest absolute Gasteiger partial charge is 0.385 e. The van der Waals surface area contributed by atoms with Gasteiger partial charge in [0, 0.05) is 12.2 Å². The van der Waals surface area contributed by atoms with Gasteiger partial charge in [0.15, 0.2) is 0 Å². The Kier molecular flexibility index (Phi) is 5.38. The van der Waals surface area contributed by atoms with Crippen LogP contribution in [0.25, 0.3) is 0 Å². The molecule has 0 saturated heterocycles. The van der Waals surface area contributed by atoms with Crippen LogP contribution in [0.5, 0.6) is 0 Å². The normalized spacial score (nSPS) is 12.4. The highest BCUT2D eigenvalue weighted by atomic mass is 32.2. The third-order valence-electron chi connectivity index (χ3n) is 3.44. The van der Waals surface area contributed by atoms with Gasteiger partial charge in [-0.2, -0.15) is 0 Å². The molecule has 0 aliphatic carbocycles. The Labute approximate surface area is 116 Å². The molecule has 3 N–H and O–H groups in total. The molecular formula is C14H24N2O2S. The van der Waals surface area contributed by atoms with Gasteiger partial charge in [0.25, 0.3) is 0 Å². The molecular weight excluding hydrogens is 260 g/mol. The lowest BCUT2D eigenvalue weighted by Gasteiger charge is -2.25. The van der Waals surface area contributed by atoms with Crippen molar-refractivity contribution in [1.29, 1.82) is 0 Å². The maximum Gasteiger partial charge on any atom is 0.238 e. The van der Waals surface area contributed by atoms with E-state index in [4.69, 9.17) is 5.14 Å². The van der Waals surface area contributed by atoms with Gasteiger partial charge in [-0.05, 0) is 42.0 Å². The fourth-order valence-corrected chi connectivity index (χ4v) is 2.75. The lowest BCUT2D eigenvalue weighted by molar-refractivity contribution is 0.304. The fraction of sp³-hybridized carbons (Fsp3) is 0.571. The molecule has 0 spiro atoms. The minimum atomic E-state index is -3.61. The summed E-state index contributed by atoms with van der Waals surface area (Å²) in [6.45, 7) is 9.75. The highest BCUT2D eigenvalue weighted by molar-refractivity contribution is 7.89. The zero-order valence-electron chi connectivity index (χ0n) is 12.1. The Morgan fingerprint density at radius 2 is 1.53 bits per heavy atom. The Morgan fingerprint density at radius 3 is 1.89 bits per heavy atom. The third kappa shape index (κ3) is 4.84. The number of benzene rings is 1. The van der Waals surface area contributed by atoms with Crippen LogP contribution < -0.4 is 10.5 Å². The summed E-state index contributed by atoms with van der Waals surface area (Å²) in [5.41, 5.74) is 0.915. The molecule has 1 aromatic rings. The fourth-order valence-electron chi connectivity index (χ4n) is 2.24. The van der Waals surface area contributed by atoms with Crippen molar-refractivity contribution in [3.63, 3.8) is 0 Å². The highest BCUT2D eigenvalue weighted by Gasteiger charge is 2.17. The van der Waals surface area contributed by atoms with Crippen LogP contribution in [-0.4, -0.2) is 15.0 Å². The second-order valence-corrected chi connectivity index (χ2v) is 7.16. The van der Waals surface area contributed by atoms with Crippen LogP contribution >= 0.6 is 0 Å². The van der Waals surface area contributed by atoms with E-state index in [0.717, 1.165) is 12.2 Å². The molecule has 4 nitrogen and oxygen atoms in total. The van der Waals surface area contributed by atoms with Crippen molar-refractivity contribution in [3.05, 3.63) is 24.3 Å². The number of rotatable bonds is 6. The van der Waals surface area contributed by atoms with Crippen molar-refractivity contribution in [1.82, 2.24) is 0 Å². The molecule has 0 saturated carbocycles. The summed E-state index contributed by atoms with van der Waals surface area (Å²) in [4.78, 5) is 0.141. The first-order valence-corrected chi connectivity index (χ1v) is 8.13. The first-order chi connectivity index (χ1) is 8.71. The quantitative estimate of drug-likeness (QED) is 0.843. The average Bonchev–Trinajstić information content (AvgIpc) is 2.27. The number of nitrogens with two attached hydrogens (primary N) is 1. The van der Waals surface area contributed by atoms with E-state index in [0.29, 0.717) is 17.8 Å². The molecule has 0 aliphatic heterocycles. The summed E-state index contributed by atoms with van der Waals surface area (Å²) in [5, 5.41) is 8.41. The molecule has 0 amide bonds. The third-order valence-corrected chi connectivity index (χ3v) is 4.37. The maximum atomic E-state index is 11.1. The van der Waals surface area contributed by atoms with Crippen molar-refractivity contribution >= 4 is 15.7 Å². The van der Waals surface area contributed by atoms with Crippen molar-refractivity contribution in [2.24, 2.45) is 22.9 Å². The van der Waals surface area contributed by atoms with Crippen molar-refractivity contribution in [2.75, 3.05) is 11.9 Å². The summed E-state index contributed by atoms with van der Waals surface area (Å²) in [6, 6.07) is 6.55. The van der Waals surface area contributed by atoms with E-state index >= 15 is 0 Å². The number of nitrogens with one attached hydrogen (secondary N) is 1. The lowest BCUT2D eigenvalue weighted by Crippen LogP contribution is -2.24. The molecule has 0 atom stereocenters. The van der Waals surface area contributed by atoms with Gasteiger partial charge < -0.3 is 5.32 Å². The first-order valence-electron chi connectivity index (χ1n) is 6.58. The number of anilines is 1. The predicted octanol–water partition coefficient (Wildman–Crippen LogP) is 2.67. The summed E-state index contributed by atoms with van der Waals surface area (Å²) in [7, 11) is -3.61. The highest BCUT2D eigenvalue weighted by Crippen LogP contribution is 2.21. The molecule has 108 valence electrons. The summed E-state index contributed by atoms with van der Waals surface area (Å²) >= 11 is 0. The minimum absolute atomic E-state index is 0.141. The van der Waals surface area contributed by atoms with E-state index in [1.807, 2.05) is 0 Å². The van der Waals surface area contributed by atoms with Gasteiger partial charge in [-0.25, -0.2) is 13.6 Å². The molecule has 0 heterocycles. The van der Waals surface area contributed by atoms with E-state index in [1.165, 1.54) is 12.1 Å². The smallest absolute Gasteiger partial charge is 0.238 e. The van der Waals surface area contributed by atoms with Crippen molar-refractivity contribution in [3.8, 4) is 0 Å². The number of hydrogen-bond donors (Lipinski definition) is 2. The van der Waals surface area contributed by atoms with Gasteiger partial charge in [-0.15, -0.1) is 0 Å². The molecule has 0 fully saturated rings. The maximum absolute atomic E-state index is 11.1. The molecule has 0 radical (unpaired) electrons. The zero-order valence-corrected chi connectivity index (χ0v) is 12.9. The van der Waals surface area contributed by atoms with E-state index in [-0.39, 0.29) is 4.90 Å². The summed E-state index contributed by atoms with van der Waals surface area (Å²) in [6.07, 6.45) is 0. The summed E-state index contributed by atoms with van der Waals surface area (Å²) < 4.78 is 22.3. The minimum Gasteiger partial charge on any atom is -0.385 e. The summed E-state index contributed by atoms with van der Waals surface area (Å²) in [5.74, 6) is 1.80. The Morgan fingerprint density at radius 1 is 1.05 bits per heavy atom. The van der Waals surface area contributed by atoms with E-state index < -0.39 is 10.0 Å². The zero-order chi connectivity index (χ0) is 14.6. The molecule has 0 bridgehead atoms. The molecule has 0 aliphatic rings. The average molecular weight is 284 g/mol. The van der Waals surface area contributed by atoms with Crippen molar-refractivity contribution < 1.29 is 8.42 Å². The second kappa shape index (κ2) is 6.39. The Hall–Kier alpha value is -1.07. The van der Waals surface area contributed by atoms with Crippen molar-refractivity contribution in [2.45, 2.75) is 32.6 Å². The van der Waals surface area contributed by atoms with E-state index in [9.17, 15) is 8.42 Å². The molecule has 19 heavy (non-hydrogen) atoms. The Balaban J connectivity index is 2.69. The van der Waals surface area contributed by atoms with Crippen LogP contribution in [0.2, 0.25) is 0 Å². The van der Waals surface area contributed by atoms with Gasteiger partial charge in [-0.1, -0.05) is 27.7 Å². The lowest BCUT2D eigenvalue weighted by atomic mass is 9.85. The number of primary sulfonamides is 1. The van der Waals surface area contributed by atoms with Crippen LogP contribution in [-0.2, 0) is 10.0 Å². The monoisotopic (exact) mass is 284 g/mol. The van der Waals surface area contributed by atoms with Crippen LogP contribution in [0.1, 0.15) is 27.7 Å². The number of sulfonamides is 1. The molecule has 0 aromatic heterocycles. The molecule has 1 aromatic carbocycles. The van der Waals surface area contributed by atoms with Crippen LogP contribution in [0.15, 0.2) is 29.2 Å². The number of hydrogen-bond acceptors (Lipinski definition) is 3. The van der Waals surface area contributed by atoms with Gasteiger partial charge in [0.2, 0.25) is 10.0 Å². The van der Waals surface area contributed by atoms with E-state index in [2.05, 4.69) is 33.0 Å². The van der Waals surface area contributed by atoms with E-state index in [1.54, 1.807) is 12.1 Å². The standard InChI is InChI=1S/C14H24N2O2S/c1-10(2)14(11(3)4)9-16-12-5-7-13(8-6-12)19(15,17)18/h5-8,10-11,14,16H,9H2,1-4H3,(H2,15,17,18). The van der Waals surface area contributed by atoms with Gasteiger partial charge in [0.1, 0.15) is 0 Å². The van der Waals surface area contributed by atoms with Gasteiger partial charge in [-0.3, -0.25) is 0 Å².